The van der Waals surface area contributed by atoms with Crippen LogP contribution in [-0.4, -0.2) is 7.05 Å². The van der Waals surface area contributed by atoms with E-state index in [2.05, 4.69) is 31.0 Å². The Morgan fingerprint density at radius 1 is 1.39 bits per heavy atom. The zero-order valence-corrected chi connectivity index (χ0v) is 12.2. The fraction of sp³-hybridized carbons (Fsp3) is 0.375. The molecule has 0 saturated heterocycles. The second kappa shape index (κ2) is 7.72. The first-order valence-corrected chi connectivity index (χ1v) is 6.37. The summed E-state index contributed by atoms with van der Waals surface area (Å²) in [4.78, 5) is 0. The lowest BCUT2D eigenvalue weighted by Gasteiger charge is -2.26. The van der Waals surface area contributed by atoms with Crippen LogP contribution in [0.15, 0.2) is 48.7 Å². The summed E-state index contributed by atoms with van der Waals surface area (Å²) in [7, 11) is 1.85. The van der Waals surface area contributed by atoms with Gasteiger partial charge in [0.15, 0.2) is 0 Å². The molecule has 1 atom stereocenters. The van der Waals surface area contributed by atoms with Crippen molar-refractivity contribution in [3.8, 4) is 0 Å². The Balaban J connectivity index is 0.00000137. The molecule has 18 heavy (non-hydrogen) atoms. The first-order valence-electron chi connectivity index (χ1n) is 6.37. The van der Waals surface area contributed by atoms with Gasteiger partial charge in [0.2, 0.25) is 0 Å². The summed E-state index contributed by atoms with van der Waals surface area (Å²) in [5.74, 6) is 0. The van der Waals surface area contributed by atoms with Crippen LogP contribution in [-0.2, 0) is 5.54 Å². The molecule has 1 unspecified atom stereocenters. The van der Waals surface area contributed by atoms with E-state index in [1.807, 2.05) is 52.2 Å². The Bertz CT molecular complexity index is 403. The summed E-state index contributed by atoms with van der Waals surface area (Å²) >= 11 is 0. The van der Waals surface area contributed by atoms with Crippen molar-refractivity contribution >= 4 is 0 Å². The van der Waals surface area contributed by atoms with Crippen molar-refractivity contribution in [1.82, 2.24) is 5.32 Å². The van der Waals surface area contributed by atoms with Crippen molar-refractivity contribution in [3.63, 3.8) is 0 Å². The van der Waals surface area contributed by atoms with Gasteiger partial charge in [0.25, 0.3) is 0 Å². The predicted octanol–water partition coefficient (Wildman–Crippen LogP) is 3.48. The standard InChI is InChI=1S/C14H20N2.C2H6/c1-11-6-5-7-13(10-11)14(3,15)12(2)8-9-16-4;1-2/h5-10,16H,2,15H2,1,3-4H3;1-2H3/b9-8-;. The van der Waals surface area contributed by atoms with E-state index >= 15 is 0 Å². The molecule has 100 valence electrons. The topological polar surface area (TPSA) is 38.0 Å². The molecule has 0 saturated carbocycles. The number of hydrogen-bond acceptors (Lipinski definition) is 2. The highest BCUT2D eigenvalue weighted by Gasteiger charge is 2.23. The summed E-state index contributed by atoms with van der Waals surface area (Å²) < 4.78 is 0. The molecule has 0 aliphatic carbocycles. The van der Waals surface area contributed by atoms with Gasteiger partial charge in [-0.15, -0.1) is 0 Å². The average Bonchev–Trinajstić information content (AvgIpc) is 2.38. The van der Waals surface area contributed by atoms with E-state index in [4.69, 9.17) is 5.73 Å². The van der Waals surface area contributed by atoms with E-state index in [1.54, 1.807) is 0 Å². The molecule has 0 aliphatic rings. The second-order valence-corrected chi connectivity index (χ2v) is 4.22. The third-order valence-electron chi connectivity index (χ3n) is 2.74. The fourth-order valence-electron chi connectivity index (χ4n) is 1.51. The van der Waals surface area contributed by atoms with Gasteiger partial charge in [0, 0.05) is 7.05 Å². The van der Waals surface area contributed by atoms with E-state index in [9.17, 15) is 0 Å². The summed E-state index contributed by atoms with van der Waals surface area (Å²) in [6.45, 7) is 12.1. The van der Waals surface area contributed by atoms with Crippen molar-refractivity contribution < 1.29 is 0 Å². The fourth-order valence-corrected chi connectivity index (χ4v) is 1.51. The van der Waals surface area contributed by atoms with Gasteiger partial charge < -0.3 is 11.1 Å². The maximum Gasteiger partial charge on any atom is 0.0631 e. The zero-order chi connectivity index (χ0) is 14.2. The first-order chi connectivity index (χ1) is 8.48. The maximum absolute atomic E-state index is 6.31. The van der Waals surface area contributed by atoms with Crippen molar-refractivity contribution in [2.45, 2.75) is 33.2 Å². The van der Waals surface area contributed by atoms with Crippen LogP contribution in [0.5, 0.6) is 0 Å². The zero-order valence-electron chi connectivity index (χ0n) is 12.2. The van der Waals surface area contributed by atoms with Crippen LogP contribution in [0, 0.1) is 6.92 Å². The normalized spacial score (nSPS) is 13.4. The van der Waals surface area contributed by atoms with Gasteiger partial charge in [-0.3, -0.25) is 0 Å². The molecule has 0 heterocycles. The molecule has 0 bridgehead atoms. The molecule has 0 aromatic heterocycles. The van der Waals surface area contributed by atoms with E-state index in [-0.39, 0.29) is 0 Å². The van der Waals surface area contributed by atoms with Crippen molar-refractivity contribution in [3.05, 3.63) is 59.8 Å². The first kappa shape index (κ1) is 16.5. The van der Waals surface area contributed by atoms with Gasteiger partial charge in [0.05, 0.1) is 5.54 Å². The molecule has 0 amide bonds. The summed E-state index contributed by atoms with van der Waals surface area (Å²) in [5.41, 5.74) is 8.96. The lowest BCUT2D eigenvalue weighted by molar-refractivity contribution is 0.602. The van der Waals surface area contributed by atoms with E-state index < -0.39 is 5.54 Å². The van der Waals surface area contributed by atoms with Gasteiger partial charge in [-0.05, 0) is 37.3 Å². The Labute approximate surface area is 112 Å². The predicted molar refractivity (Wildman–Crippen MR) is 81.4 cm³/mol. The molecule has 1 aromatic carbocycles. The Kier molecular flexibility index (Phi) is 7.06. The lowest BCUT2D eigenvalue weighted by atomic mass is 9.85. The van der Waals surface area contributed by atoms with Crippen LogP contribution in [0.3, 0.4) is 0 Å². The molecular formula is C16H26N2. The summed E-state index contributed by atoms with van der Waals surface area (Å²) in [6.07, 6.45) is 3.74. The monoisotopic (exact) mass is 246 g/mol. The molecule has 0 aliphatic heterocycles. The minimum atomic E-state index is -0.528. The van der Waals surface area contributed by atoms with E-state index in [1.165, 1.54) is 5.56 Å². The summed E-state index contributed by atoms with van der Waals surface area (Å²) in [5, 5.41) is 2.94. The highest BCUT2D eigenvalue weighted by Crippen LogP contribution is 2.26. The largest absolute Gasteiger partial charge is 0.394 e. The van der Waals surface area contributed by atoms with Gasteiger partial charge in [-0.2, -0.15) is 0 Å². The van der Waals surface area contributed by atoms with Gasteiger partial charge >= 0.3 is 0 Å². The number of benzene rings is 1. The Hall–Kier alpha value is -1.54. The Morgan fingerprint density at radius 3 is 2.50 bits per heavy atom. The van der Waals surface area contributed by atoms with Crippen LogP contribution in [0.25, 0.3) is 0 Å². The van der Waals surface area contributed by atoms with Crippen LogP contribution in [0.4, 0.5) is 0 Å². The van der Waals surface area contributed by atoms with E-state index in [0.717, 1.165) is 11.1 Å². The molecule has 1 aromatic rings. The molecular weight excluding hydrogens is 220 g/mol. The summed E-state index contributed by atoms with van der Waals surface area (Å²) in [6, 6.07) is 8.21. The Morgan fingerprint density at radius 2 is 2.00 bits per heavy atom. The minimum absolute atomic E-state index is 0.528. The molecule has 3 N–H and O–H groups in total. The molecule has 0 spiro atoms. The molecule has 0 fully saturated rings. The van der Waals surface area contributed by atoms with Gasteiger partial charge in [-0.1, -0.05) is 50.3 Å². The van der Waals surface area contributed by atoms with Crippen LogP contribution in [0.2, 0.25) is 0 Å². The number of hydrogen-bond donors (Lipinski definition) is 2. The quantitative estimate of drug-likeness (QED) is 0.798. The third-order valence-corrected chi connectivity index (χ3v) is 2.74. The highest BCUT2D eigenvalue weighted by atomic mass is 14.8. The molecule has 2 heteroatoms. The highest BCUT2D eigenvalue weighted by molar-refractivity contribution is 5.39. The smallest absolute Gasteiger partial charge is 0.0631 e. The number of nitrogens with one attached hydrogen (secondary N) is 1. The lowest BCUT2D eigenvalue weighted by Crippen LogP contribution is -2.34. The number of aryl methyl sites for hydroxylation is 1. The minimum Gasteiger partial charge on any atom is -0.394 e. The van der Waals surface area contributed by atoms with Crippen LogP contribution in [0.1, 0.15) is 31.9 Å². The van der Waals surface area contributed by atoms with Crippen molar-refractivity contribution in [2.24, 2.45) is 5.73 Å². The van der Waals surface area contributed by atoms with Gasteiger partial charge in [-0.25, -0.2) is 0 Å². The van der Waals surface area contributed by atoms with Crippen LogP contribution < -0.4 is 11.1 Å². The SMILES string of the molecule is C=C(/C=C\NC)C(C)(N)c1cccc(C)c1.CC. The number of nitrogens with two attached hydrogens (primary N) is 1. The van der Waals surface area contributed by atoms with Crippen molar-refractivity contribution in [1.29, 1.82) is 0 Å². The van der Waals surface area contributed by atoms with Crippen LogP contribution >= 0.6 is 0 Å². The van der Waals surface area contributed by atoms with Crippen molar-refractivity contribution in [2.75, 3.05) is 7.05 Å². The maximum atomic E-state index is 6.31. The second-order valence-electron chi connectivity index (χ2n) is 4.22. The third kappa shape index (κ3) is 4.38. The van der Waals surface area contributed by atoms with E-state index in [0.29, 0.717) is 0 Å². The van der Waals surface area contributed by atoms with Gasteiger partial charge in [0.1, 0.15) is 0 Å². The molecule has 0 radical (unpaired) electrons. The average molecular weight is 246 g/mol. The molecule has 2 nitrogen and oxygen atoms in total. The number of rotatable bonds is 4. The molecule has 1 rings (SSSR count).